The van der Waals surface area contributed by atoms with E-state index in [0.29, 0.717) is 0 Å². The lowest BCUT2D eigenvalue weighted by atomic mass is 10.0. The molecule has 3 nitrogen and oxygen atoms in total. The smallest absolute Gasteiger partial charge is 0.118 e. The van der Waals surface area contributed by atoms with Crippen LogP contribution in [0.5, 0.6) is 5.75 Å². The van der Waals surface area contributed by atoms with Gasteiger partial charge in [-0.05, 0) is 42.5 Å². The molecular weight excluding hydrogens is 320 g/mol. The van der Waals surface area contributed by atoms with Crippen molar-refractivity contribution in [2.45, 2.75) is 0 Å². The van der Waals surface area contributed by atoms with E-state index in [1.54, 1.807) is 7.11 Å². The van der Waals surface area contributed by atoms with Crippen molar-refractivity contribution in [1.29, 1.82) is 0 Å². The van der Waals surface area contributed by atoms with E-state index in [4.69, 9.17) is 4.74 Å². The van der Waals surface area contributed by atoms with Gasteiger partial charge in [-0.15, -0.1) is 10.2 Å². The van der Waals surface area contributed by atoms with Crippen molar-refractivity contribution in [2.24, 2.45) is 0 Å². The standard InChI is InChI=1S/C23H16N2O/c1-26-19-14-12-18(13-15-19)23-21(16-11-17-7-3-2-4-8-17)20-9-5-6-10-22(20)24-25-23/h2-10,12-15H,1H3. The molecule has 0 aliphatic heterocycles. The van der Waals surface area contributed by atoms with Gasteiger partial charge in [0, 0.05) is 16.5 Å². The Kier molecular flexibility index (Phi) is 4.32. The van der Waals surface area contributed by atoms with Crippen LogP contribution in [0.4, 0.5) is 0 Å². The van der Waals surface area contributed by atoms with Crippen molar-refractivity contribution in [3.63, 3.8) is 0 Å². The van der Waals surface area contributed by atoms with Crippen LogP contribution in [0, 0.1) is 11.8 Å². The lowest BCUT2D eigenvalue weighted by Gasteiger charge is -2.07. The van der Waals surface area contributed by atoms with E-state index in [-0.39, 0.29) is 0 Å². The highest BCUT2D eigenvalue weighted by atomic mass is 16.5. The molecule has 0 unspecified atom stereocenters. The lowest BCUT2D eigenvalue weighted by Crippen LogP contribution is -1.95. The molecule has 0 spiro atoms. The molecular formula is C23H16N2O. The SMILES string of the molecule is COc1ccc(-c2nnc3ccccc3c2C#Cc2ccccc2)cc1. The van der Waals surface area contributed by atoms with Gasteiger partial charge in [-0.2, -0.15) is 0 Å². The lowest BCUT2D eigenvalue weighted by molar-refractivity contribution is 0.415. The molecule has 0 saturated carbocycles. The Morgan fingerprint density at radius 3 is 2.23 bits per heavy atom. The number of ether oxygens (including phenoxy) is 1. The second-order valence-corrected chi connectivity index (χ2v) is 5.79. The van der Waals surface area contributed by atoms with E-state index in [2.05, 4.69) is 22.0 Å². The van der Waals surface area contributed by atoms with Crippen molar-refractivity contribution < 1.29 is 4.74 Å². The number of methoxy groups -OCH3 is 1. The molecule has 0 aliphatic rings. The average Bonchev–Trinajstić information content (AvgIpc) is 2.73. The molecule has 4 rings (SSSR count). The minimum absolute atomic E-state index is 0.773. The van der Waals surface area contributed by atoms with Gasteiger partial charge < -0.3 is 4.74 Å². The highest BCUT2D eigenvalue weighted by Crippen LogP contribution is 2.27. The summed E-state index contributed by atoms with van der Waals surface area (Å²) in [7, 11) is 1.65. The fourth-order valence-corrected chi connectivity index (χ4v) is 2.79. The first-order valence-corrected chi connectivity index (χ1v) is 8.32. The molecule has 26 heavy (non-hydrogen) atoms. The van der Waals surface area contributed by atoms with Crippen LogP contribution in [0.1, 0.15) is 11.1 Å². The molecule has 0 bridgehead atoms. The largest absolute Gasteiger partial charge is 0.497 e. The first-order valence-electron chi connectivity index (χ1n) is 8.32. The van der Waals surface area contributed by atoms with Gasteiger partial charge in [0.25, 0.3) is 0 Å². The Balaban J connectivity index is 1.91. The van der Waals surface area contributed by atoms with Crippen molar-refractivity contribution in [3.05, 3.63) is 90.0 Å². The molecule has 3 aromatic carbocycles. The number of rotatable bonds is 2. The maximum absolute atomic E-state index is 5.25. The number of aromatic nitrogens is 2. The van der Waals surface area contributed by atoms with Crippen LogP contribution < -0.4 is 4.74 Å². The zero-order chi connectivity index (χ0) is 17.8. The summed E-state index contributed by atoms with van der Waals surface area (Å²) >= 11 is 0. The number of nitrogens with zero attached hydrogens (tertiary/aromatic N) is 2. The molecule has 0 amide bonds. The maximum Gasteiger partial charge on any atom is 0.118 e. The third-order valence-electron chi connectivity index (χ3n) is 4.14. The highest BCUT2D eigenvalue weighted by Gasteiger charge is 2.11. The van der Waals surface area contributed by atoms with Gasteiger partial charge in [-0.25, -0.2) is 0 Å². The third kappa shape index (κ3) is 3.13. The summed E-state index contributed by atoms with van der Waals surface area (Å²) < 4.78 is 5.25. The van der Waals surface area contributed by atoms with Crippen molar-refractivity contribution in [1.82, 2.24) is 10.2 Å². The van der Waals surface area contributed by atoms with Crippen LogP contribution in [-0.4, -0.2) is 17.3 Å². The first-order chi connectivity index (χ1) is 12.8. The molecule has 0 aliphatic carbocycles. The predicted molar refractivity (Wildman–Crippen MR) is 104 cm³/mol. The highest BCUT2D eigenvalue weighted by molar-refractivity contribution is 5.90. The molecule has 0 fully saturated rings. The number of fused-ring (bicyclic) bond motifs is 1. The summed E-state index contributed by atoms with van der Waals surface area (Å²) in [5.74, 6) is 7.36. The quantitative estimate of drug-likeness (QED) is 0.498. The Morgan fingerprint density at radius 1 is 0.731 bits per heavy atom. The van der Waals surface area contributed by atoms with Gasteiger partial charge in [0.05, 0.1) is 18.2 Å². The van der Waals surface area contributed by atoms with Gasteiger partial charge in [0.1, 0.15) is 11.4 Å². The fraction of sp³-hybridized carbons (Fsp3) is 0.0435. The Hall–Kier alpha value is -3.64. The zero-order valence-electron chi connectivity index (χ0n) is 14.3. The predicted octanol–water partition coefficient (Wildman–Crippen LogP) is 4.71. The molecule has 3 heteroatoms. The van der Waals surface area contributed by atoms with E-state index in [9.17, 15) is 0 Å². The van der Waals surface area contributed by atoms with Gasteiger partial charge in [0.15, 0.2) is 0 Å². The summed E-state index contributed by atoms with van der Waals surface area (Å²) in [4.78, 5) is 0. The monoisotopic (exact) mass is 336 g/mol. The first kappa shape index (κ1) is 15.9. The topological polar surface area (TPSA) is 35.0 Å². The molecule has 1 heterocycles. The Bertz CT molecular complexity index is 1110. The summed E-state index contributed by atoms with van der Waals surface area (Å²) in [6.45, 7) is 0. The number of hydrogen-bond acceptors (Lipinski definition) is 3. The Morgan fingerprint density at radius 2 is 1.46 bits per heavy atom. The van der Waals surface area contributed by atoms with Gasteiger partial charge in [-0.1, -0.05) is 48.2 Å². The van der Waals surface area contributed by atoms with E-state index in [0.717, 1.165) is 39.0 Å². The molecule has 0 radical (unpaired) electrons. The minimum Gasteiger partial charge on any atom is -0.497 e. The van der Waals surface area contributed by atoms with Crippen LogP contribution in [0.2, 0.25) is 0 Å². The average molecular weight is 336 g/mol. The molecule has 0 saturated heterocycles. The summed E-state index contributed by atoms with van der Waals surface area (Å²) in [5.41, 5.74) is 4.41. The third-order valence-corrected chi connectivity index (χ3v) is 4.14. The van der Waals surface area contributed by atoms with E-state index >= 15 is 0 Å². The van der Waals surface area contributed by atoms with Crippen molar-refractivity contribution >= 4 is 10.9 Å². The van der Waals surface area contributed by atoms with Gasteiger partial charge in [-0.3, -0.25) is 0 Å². The van der Waals surface area contributed by atoms with E-state index in [1.165, 1.54) is 0 Å². The maximum atomic E-state index is 5.25. The van der Waals surface area contributed by atoms with E-state index in [1.807, 2.05) is 78.9 Å². The molecule has 0 atom stereocenters. The van der Waals surface area contributed by atoms with Crippen LogP contribution >= 0.6 is 0 Å². The van der Waals surface area contributed by atoms with Crippen molar-refractivity contribution in [3.8, 4) is 28.8 Å². The molecule has 124 valence electrons. The molecule has 1 aromatic heterocycles. The Labute approximate surface area is 152 Å². The number of benzene rings is 3. The van der Waals surface area contributed by atoms with E-state index < -0.39 is 0 Å². The fourth-order valence-electron chi connectivity index (χ4n) is 2.79. The summed E-state index contributed by atoms with van der Waals surface area (Å²) in [5, 5.41) is 9.82. The van der Waals surface area contributed by atoms with Crippen LogP contribution in [0.15, 0.2) is 78.9 Å². The second-order valence-electron chi connectivity index (χ2n) is 5.79. The van der Waals surface area contributed by atoms with Gasteiger partial charge >= 0.3 is 0 Å². The van der Waals surface area contributed by atoms with Crippen LogP contribution in [0.25, 0.3) is 22.2 Å². The van der Waals surface area contributed by atoms with Crippen LogP contribution in [0.3, 0.4) is 0 Å². The zero-order valence-corrected chi connectivity index (χ0v) is 14.3. The second kappa shape index (κ2) is 7.08. The van der Waals surface area contributed by atoms with Crippen LogP contribution in [-0.2, 0) is 0 Å². The molecule has 0 N–H and O–H groups in total. The normalized spacial score (nSPS) is 10.2. The number of hydrogen-bond donors (Lipinski definition) is 0. The summed E-state index contributed by atoms with van der Waals surface area (Å²) in [6.07, 6.45) is 0. The summed E-state index contributed by atoms with van der Waals surface area (Å²) in [6, 6.07) is 25.7. The minimum atomic E-state index is 0.773. The molecule has 4 aromatic rings. The van der Waals surface area contributed by atoms with Crippen molar-refractivity contribution in [2.75, 3.05) is 7.11 Å². The van der Waals surface area contributed by atoms with Gasteiger partial charge in [0.2, 0.25) is 0 Å².